The van der Waals surface area contributed by atoms with E-state index in [9.17, 15) is 0 Å². The fraction of sp³-hybridized carbons (Fsp3) is 0.857. The lowest BCUT2D eigenvalue weighted by Gasteiger charge is -2.31. The normalized spacial score (nSPS) is 21.8. The summed E-state index contributed by atoms with van der Waals surface area (Å²) in [6, 6.07) is 3.78. The summed E-state index contributed by atoms with van der Waals surface area (Å²) >= 11 is 0. The lowest BCUT2D eigenvalue weighted by molar-refractivity contribution is 0.369. The first kappa shape index (κ1) is 13.8. The standard InChI is InChI=1S/C14H28OSi/c1-4-16(5-2,6-3)15-14-12-10-8-7-9-11-13-14/h12H,4-11,13H2,1-3H3/b14-12+. The fourth-order valence-electron chi connectivity index (χ4n) is 2.50. The minimum absolute atomic E-state index is 1.19. The summed E-state index contributed by atoms with van der Waals surface area (Å²) in [5, 5.41) is 0. The Balaban J connectivity index is 2.60. The first-order valence-electron chi connectivity index (χ1n) is 7.14. The van der Waals surface area contributed by atoms with Crippen molar-refractivity contribution in [2.75, 3.05) is 0 Å². The van der Waals surface area contributed by atoms with Crippen molar-refractivity contribution in [3.63, 3.8) is 0 Å². The topological polar surface area (TPSA) is 9.23 Å². The van der Waals surface area contributed by atoms with Crippen LogP contribution in [0, 0.1) is 0 Å². The van der Waals surface area contributed by atoms with Crippen molar-refractivity contribution in [2.24, 2.45) is 0 Å². The van der Waals surface area contributed by atoms with Gasteiger partial charge in [0, 0.05) is 6.42 Å². The molecule has 94 valence electrons. The molecule has 0 unspecified atom stereocenters. The zero-order valence-corrected chi connectivity index (χ0v) is 12.3. The molecule has 0 atom stereocenters. The maximum atomic E-state index is 6.46. The predicted octanol–water partition coefficient (Wildman–Crippen LogP) is 5.25. The molecule has 0 saturated heterocycles. The van der Waals surface area contributed by atoms with Crippen LogP contribution in [0.1, 0.15) is 59.3 Å². The summed E-state index contributed by atoms with van der Waals surface area (Å²) < 4.78 is 6.46. The molecule has 0 aromatic carbocycles. The smallest absolute Gasteiger partial charge is 0.250 e. The van der Waals surface area contributed by atoms with Gasteiger partial charge in [0.1, 0.15) is 0 Å². The van der Waals surface area contributed by atoms with Crippen LogP contribution in [0.5, 0.6) is 0 Å². The molecule has 0 aliphatic heterocycles. The van der Waals surface area contributed by atoms with Gasteiger partial charge >= 0.3 is 0 Å². The maximum absolute atomic E-state index is 6.46. The van der Waals surface area contributed by atoms with Crippen LogP contribution in [0.15, 0.2) is 11.8 Å². The van der Waals surface area contributed by atoms with E-state index in [0.717, 1.165) is 0 Å². The Bertz CT molecular complexity index is 211. The third-order valence-electron chi connectivity index (χ3n) is 4.03. The summed E-state index contributed by atoms with van der Waals surface area (Å²) in [5.74, 6) is 1.33. The lowest BCUT2D eigenvalue weighted by Crippen LogP contribution is -2.35. The number of hydrogen-bond acceptors (Lipinski definition) is 1. The molecule has 1 nitrogen and oxygen atoms in total. The highest BCUT2D eigenvalue weighted by molar-refractivity contribution is 6.73. The Kier molecular flexibility index (Phi) is 6.18. The highest BCUT2D eigenvalue weighted by Crippen LogP contribution is 2.28. The van der Waals surface area contributed by atoms with Crippen LogP contribution in [-0.2, 0) is 4.43 Å². The van der Waals surface area contributed by atoms with E-state index < -0.39 is 8.32 Å². The molecule has 0 aromatic rings. The Morgan fingerprint density at radius 1 is 1.00 bits per heavy atom. The summed E-state index contributed by atoms with van der Waals surface area (Å²) in [5.41, 5.74) is 0. The SMILES string of the molecule is CC[Si](CC)(CC)O/C1=C/CCCCCC1. The van der Waals surface area contributed by atoms with E-state index in [2.05, 4.69) is 26.8 Å². The summed E-state index contributed by atoms with van der Waals surface area (Å²) in [6.07, 6.45) is 10.3. The molecule has 1 rings (SSSR count). The molecule has 0 heterocycles. The van der Waals surface area contributed by atoms with Crippen molar-refractivity contribution in [3.8, 4) is 0 Å². The molecule has 0 fully saturated rings. The molecule has 0 bridgehead atoms. The molecular weight excluding hydrogens is 212 g/mol. The highest BCUT2D eigenvalue weighted by atomic mass is 28.4. The van der Waals surface area contributed by atoms with Gasteiger partial charge in [-0.3, -0.25) is 0 Å². The number of rotatable bonds is 5. The van der Waals surface area contributed by atoms with Gasteiger partial charge in [-0.15, -0.1) is 0 Å². The minimum atomic E-state index is -1.41. The van der Waals surface area contributed by atoms with Gasteiger partial charge in [0.05, 0.1) is 5.76 Å². The summed E-state index contributed by atoms with van der Waals surface area (Å²) in [7, 11) is -1.41. The van der Waals surface area contributed by atoms with Gasteiger partial charge in [0.25, 0.3) is 0 Å². The van der Waals surface area contributed by atoms with Crippen molar-refractivity contribution >= 4 is 8.32 Å². The summed E-state index contributed by atoms with van der Waals surface area (Å²) in [4.78, 5) is 0. The zero-order chi connectivity index (χ0) is 11.9. The first-order chi connectivity index (χ1) is 7.76. The molecule has 0 saturated carbocycles. The molecule has 16 heavy (non-hydrogen) atoms. The average molecular weight is 240 g/mol. The Morgan fingerprint density at radius 2 is 1.62 bits per heavy atom. The molecule has 0 aromatic heterocycles. The van der Waals surface area contributed by atoms with Crippen molar-refractivity contribution in [3.05, 3.63) is 11.8 Å². The van der Waals surface area contributed by atoms with Gasteiger partial charge in [-0.05, 0) is 43.5 Å². The average Bonchev–Trinajstić information content (AvgIpc) is 2.29. The van der Waals surface area contributed by atoms with Gasteiger partial charge in [-0.25, -0.2) is 0 Å². The zero-order valence-electron chi connectivity index (χ0n) is 11.3. The Morgan fingerprint density at radius 3 is 2.25 bits per heavy atom. The van der Waals surface area contributed by atoms with Crippen molar-refractivity contribution < 1.29 is 4.43 Å². The molecule has 0 radical (unpaired) electrons. The second kappa shape index (κ2) is 7.15. The van der Waals surface area contributed by atoms with Gasteiger partial charge in [0.2, 0.25) is 8.32 Å². The molecule has 0 N–H and O–H groups in total. The van der Waals surface area contributed by atoms with E-state index in [1.807, 2.05) is 0 Å². The first-order valence-corrected chi connectivity index (χ1v) is 9.67. The van der Waals surface area contributed by atoms with Crippen LogP contribution in [0.2, 0.25) is 18.1 Å². The van der Waals surface area contributed by atoms with Gasteiger partial charge in [-0.1, -0.05) is 33.6 Å². The molecule has 0 amide bonds. The van der Waals surface area contributed by atoms with Gasteiger partial charge in [-0.2, -0.15) is 0 Å². The van der Waals surface area contributed by atoms with Gasteiger partial charge in [0.15, 0.2) is 0 Å². The largest absolute Gasteiger partial charge is 0.547 e. The lowest BCUT2D eigenvalue weighted by atomic mass is 10.1. The third-order valence-corrected chi connectivity index (χ3v) is 8.59. The molecule has 1 aliphatic carbocycles. The van der Waals surface area contributed by atoms with Crippen LogP contribution >= 0.6 is 0 Å². The molecular formula is C14H28OSi. The van der Waals surface area contributed by atoms with Crippen LogP contribution in [0.3, 0.4) is 0 Å². The van der Waals surface area contributed by atoms with Gasteiger partial charge < -0.3 is 4.43 Å². The number of allylic oxidation sites excluding steroid dienone is 2. The van der Waals surface area contributed by atoms with Crippen molar-refractivity contribution in [1.29, 1.82) is 0 Å². The monoisotopic (exact) mass is 240 g/mol. The minimum Gasteiger partial charge on any atom is -0.547 e. The van der Waals surface area contributed by atoms with E-state index in [4.69, 9.17) is 4.43 Å². The predicted molar refractivity (Wildman–Crippen MR) is 74.1 cm³/mol. The second-order valence-corrected chi connectivity index (χ2v) is 9.66. The van der Waals surface area contributed by atoms with Crippen LogP contribution < -0.4 is 0 Å². The van der Waals surface area contributed by atoms with Crippen molar-refractivity contribution in [1.82, 2.24) is 0 Å². The van der Waals surface area contributed by atoms with E-state index in [1.165, 1.54) is 62.4 Å². The van der Waals surface area contributed by atoms with E-state index in [1.54, 1.807) is 0 Å². The van der Waals surface area contributed by atoms with Crippen molar-refractivity contribution in [2.45, 2.75) is 77.4 Å². The maximum Gasteiger partial charge on any atom is 0.250 e. The molecule has 1 aliphatic rings. The Hall–Kier alpha value is -0.243. The Labute approximate surface area is 102 Å². The second-order valence-electron chi connectivity index (χ2n) is 4.97. The van der Waals surface area contributed by atoms with Crippen LogP contribution in [-0.4, -0.2) is 8.32 Å². The highest BCUT2D eigenvalue weighted by Gasteiger charge is 2.31. The van der Waals surface area contributed by atoms with Crippen LogP contribution in [0.25, 0.3) is 0 Å². The van der Waals surface area contributed by atoms with Crippen LogP contribution in [0.4, 0.5) is 0 Å². The quantitative estimate of drug-likeness (QED) is 0.597. The van der Waals surface area contributed by atoms with E-state index >= 15 is 0 Å². The third kappa shape index (κ3) is 3.97. The van der Waals surface area contributed by atoms with E-state index in [0.29, 0.717) is 0 Å². The fourth-order valence-corrected chi connectivity index (χ4v) is 5.17. The molecule has 2 heteroatoms. The molecule has 0 spiro atoms. The summed E-state index contributed by atoms with van der Waals surface area (Å²) in [6.45, 7) is 6.92. The van der Waals surface area contributed by atoms with E-state index in [-0.39, 0.29) is 0 Å². The number of hydrogen-bond donors (Lipinski definition) is 0.